The van der Waals surface area contributed by atoms with Crippen molar-refractivity contribution in [3.05, 3.63) is 11.6 Å². The predicted octanol–water partition coefficient (Wildman–Crippen LogP) is 2.18. The van der Waals surface area contributed by atoms with Gasteiger partial charge in [-0.3, -0.25) is 4.79 Å². The first-order valence-corrected chi connectivity index (χ1v) is 4.31. The third-order valence-corrected chi connectivity index (χ3v) is 3.40. The van der Waals surface area contributed by atoms with E-state index >= 15 is 0 Å². The van der Waals surface area contributed by atoms with E-state index in [4.69, 9.17) is 0 Å². The van der Waals surface area contributed by atoms with Gasteiger partial charge in [-0.25, -0.2) is 0 Å². The lowest BCUT2D eigenvalue weighted by Gasteiger charge is -2.13. The minimum absolute atomic E-state index is 0.0596. The van der Waals surface area contributed by atoms with Crippen LogP contribution in [0.2, 0.25) is 0 Å². The Labute approximate surface area is 67.5 Å². The molecule has 1 fully saturated rings. The first kappa shape index (κ1) is 7.08. The molecule has 0 aromatic heterocycles. The maximum atomic E-state index is 11.5. The number of carbonyl (C=O) groups excluding carboxylic acids is 1. The molecule has 0 aliphatic heterocycles. The minimum Gasteiger partial charge on any atom is -0.294 e. The second-order valence-corrected chi connectivity index (χ2v) is 4.20. The van der Waals surface area contributed by atoms with Crippen molar-refractivity contribution in [1.29, 1.82) is 0 Å². The van der Waals surface area contributed by atoms with E-state index in [0.29, 0.717) is 17.6 Å². The van der Waals surface area contributed by atoms with Crippen molar-refractivity contribution in [3.8, 4) is 0 Å². The summed E-state index contributed by atoms with van der Waals surface area (Å²) in [6.07, 6.45) is 2.96. The number of fused-ring (bicyclic) bond motifs is 1. The maximum Gasteiger partial charge on any atom is 0.162 e. The van der Waals surface area contributed by atoms with Gasteiger partial charge >= 0.3 is 0 Å². The molecule has 2 rings (SSSR count). The predicted molar refractivity (Wildman–Crippen MR) is 44.1 cm³/mol. The quantitative estimate of drug-likeness (QED) is 0.560. The summed E-state index contributed by atoms with van der Waals surface area (Å²) in [6, 6.07) is 0. The van der Waals surface area contributed by atoms with E-state index in [-0.39, 0.29) is 5.41 Å². The van der Waals surface area contributed by atoms with Gasteiger partial charge in [0.05, 0.1) is 0 Å². The molecule has 0 aromatic rings. The topological polar surface area (TPSA) is 17.1 Å². The Morgan fingerprint density at radius 3 is 2.45 bits per heavy atom. The Morgan fingerprint density at radius 1 is 1.64 bits per heavy atom. The lowest BCUT2D eigenvalue weighted by molar-refractivity contribution is -0.120. The summed E-state index contributed by atoms with van der Waals surface area (Å²) >= 11 is 0. The minimum atomic E-state index is 0.0596. The van der Waals surface area contributed by atoms with Crippen molar-refractivity contribution in [2.45, 2.75) is 27.2 Å². The smallest absolute Gasteiger partial charge is 0.162 e. The first-order chi connectivity index (χ1) is 5.09. The summed E-state index contributed by atoms with van der Waals surface area (Å²) in [5.74, 6) is 1.51. The molecule has 0 radical (unpaired) electrons. The molecule has 0 spiro atoms. The molecule has 0 saturated heterocycles. The normalized spacial score (nSPS) is 40.9. The maximum absolute atomic E-state index is 11.5. The van der Waals surface area contributed by atoms with Crippen LogP contribution in [0.15, 0.2) is 11.6 Å². The summed E-state index contributed by atoms with van der Waals surface area (Å²) in [5.41, 5.74) is 1.37. The fourth-order valence-electron chi connectivity index (χ4n) is 2.48. The monoisotopic (exact) mass is 150 g/mol. The van der Waals surface area contributed by atoms with E-state index in [1.807, 2.05) is 6.08 Å². The van der Waals surface area contributed by atoms with Gasteiger partial charge in [0, 0.05) is 5.41 Å². The van der Waals surface area contributed by atoms with Crippen LogP contribution in [0, 0.1) is 17.3 Å². The third kappa shape index (κ3) is 0.640. The van der Waals surface area contributed by atoms with Gasteiger partial charge in [-0.05, 0) is 31.3 Å². The largest absolute Gasteiger partial charge is 0.294 e. The number of hydrogen-bond donors (Lipinski definition) is 0. The van der Waals surface area contributed by atoms with Crippen LogP contribution < -0.4 is 0 Å². The third-order valence-electron chi connectivity index (χ3n) is 3.40. The molecule has 2 aliphatic carbocycles. The Balaban J connectivity index is 2.33. The van der Waals surface area contributed by atoms with Crippen LogP contribution in [-0.2, 0) is 4.79 Å². The summed E-state index contributed by atoms with van der Waals surface area (Å²) in [7, 11) is 0. The highest BCUT2D eigenvalue weighted by Gasteiger charge is 2.64. The molecule has 0 aromatic carbocycles. The molecule has 0 unspecified atom stereocenters. The highest BCUT2D eigenvalue weighted by atomic mass is 16.1. The molecule has 1 saturated carbocycles. The average Bonchev–Trinajstić information content (AvgIpc) is 2.56. The molecule has 0 bridgehead atoms. The zero-order chi connectivity index (χ0) is 8.22. The van der Waals surface area contributed by atoms with Gasteiger partial charge in [0.15, 0.2) is 5.78 Å². The summed E-state index contributed by atoms with van der Waals surface area (Å²) in [6.45, 7) is 6.40. The van der Waals surface area contributed by atoms with Gasteiger partial charge in [0.2, 0.25) is 0 Å². The van der Waals surface area contributed by atoms with Crippen LogP contribution >= 0.6 is 0 Å². The second kappa shape index (κ2) is 1.77. The van der Waals surface area contributed by atoms with Crippen molar-refractivity contribution < 1.29 is 4.79 Å². The van der Waals surface area contributed by atoms with Crippen molar-refractivity contribution in [2.24, 2.45) is 17.3 Å². The molecule has 0 heterocycles. The molecule has 1 heteroatoms. The fraction of sp³-hybridized carbons (Fsp3) is 0.700. The van der Waals surface area contributed by atoms with Crippen molar-refractivity contribution in [1.82, 2.24) is 0 Å². The lowest BCUT2D eigenvalue weighted by Crippen LogP contribution is -2.18. The van der Waals surface area contributed by atoms with Gasteiger partial charge in [0.25, 0.3) is 0 Å². The zero-order valence-electron chi connectivity index (χ0n) is 7.35. The molecule has 1 nitrogen and oxygen atoms in total. The Kier molecular flexibility index (Phi) is 1.14. The van der Waals surface area contributed by atoms with Crippen molar-refractivity contribution in [2.75, 3.05) is 0 Å². The number of carbonyl (C=O) groups is 1. The van der Waals surface area contributed by atoms with E-state index in [2.05, 4.69) is 20.8 Å². The van der Waals surface area contributed by atoms with Crippen LogP contribution in [0.3, 0.4) is 0 Å². The SMILES string of the molecule is CC1=CC(=O)[C@@]2(C(C)C)C[C@@H]12. The van der Waals surface area contributed by atoms with Gasteiger partial charge in [0.1, 0.15) is 0 Å². The van der Waals surface area contributed by atoms with Crippen LogP contribution in [0.25, 0.3) is 0 Å². The van der Waals surface area contributed by atoms with Crippen LogP contribution in [0.4, 0.5) is 0 Å². The summed E-state index contributed by atoms with van der Waals surface area (Å²) in [4.78, 5) is 11.5. The molecule has 2 aliphatic rings. The number of hydrogen-bond acceptors (Lipinski definition) is 1. The molecule has 0 N–H and O–H groups in total. The highest BCUT2D eigenvalue weighted by molar-refractivity contribution is 6.02. The summed E-state index contributed by atoms with van der Waals surface area (Å²) in [5, 5.41) is 0. The van der Waals surface area contributed by atoms with E-state index in [1.54, 1.807) is 0 Å². The van der Waals surface area contributed by atoms with E-state index in [1.165, 1.54) is 5.57 Å². The van der Waals surface area contributed by atoms with Crippen LogP contribution in [0.5, 0.6) is 0 Å². The van der Waals surface area contributed by atoms with Crippen LogP contribution in [-0.4, -0.2) is 5.78 Å². The molecular formula is C10H14O. The molecule has 60 valence electrons. The zero-order valence-corrected chi connectivity index (χ0v) is 7.35. The Bertz CT molecular complexity index is 250. The Morgan fingerprint density at radius 2 is 2.27 bits per heavy atom. The Hall–Kier alpha value is -0.590. The standard InChI is InChI=1S/C10H14O/c1-6(2)10-5-8(10)7(3)4-9(10)11/h4,6,8H,5H2,1-3H3/t8-,10+/m0/s1. The lowest BCUT2D eigenvalue weighted by atomic mass is 9.88. The number of ketones is 1. The fourth-order valence-corrected chi connectivity index (χ4v) is 2.48. The second-order valence-electron chi connectivity index (χ2n) is 4.20. The molecule has 11 heavy (non-hydrogen) atoms. The van der Waals surface area contributed by atoms with Crippen molar-refractivity contribution >= 4 is 5.78 Å². The van der Waals surface area contributed by atoms with Gasteiger partial charge in [-0.15, -0.1) is 0 Å². The van der Waals surface area contributed by atoms with Crippen molar-refractivity contribution in [3.63, 3.8) is 0 Å². The number of allylic oxidation sites excluding steroid dienone is 2. The van der Waals surface area contributed by atoms with Crippen LogP contribution in [0.1, 0.15) is 27.2 Å². The molecule has 2 atom stereocenters. The van der Waals surface area contributed by atoms with Gasteiger partial charge in [-0.2, -0.15) is 0 Å². The molecular weight excluding hydrogens is 136 g/mol. The van der Waals surface area contributed by atoms with E-state index < -0.39 is 0 Å². The highest BCUT2D eigenvalue weighted by Crippen LogP contribution is 2.65. The molecule has 0 amide bonds. The van der Waals surface area contributed by atoms with Gasteiger partial charge < -0.3 is 0 Å². The average molecular weight is 150 g/mol. The number of rotatable bonds is 1. The first-order valence-electron chi connectivity index (χ1n) is 4.31. The van der Waals surface area contributed by atoms with E-state index in [0.717, 1.165) is 6.42 Å². The van der Waals surface area contributed by atoms with E-state index in [9.17, 15) is 4.79 Å². The summed E-state index contributed by atoms with van der Waals surface area (Å²) < 4.78 is 0. The van der Waals surface area contributed by atoms with Gasteiger partial charge in [-0.1, -0.05) is 19.4 Å².